The third kappa shape index (κ3) is 5.01. The van der Waals surface area contributed by atoms with Crippen molar-refractivity contribution >= 4 is 39.2 Å². The number of carbonyl (C=O) groups excluding carboxylic acids is 2. The van der Waals surface area contributed by atoms with Crippen LogP contribution >= 0.6 is 11.6 Å². The molecule has 0 saturated carbocycles. The van der Waals surface area contributed by atoms with Gasteiger partial charge < -0.3 is 10.1 Å². The molecule has 2 aromatic rings. The minimum atomic E-state index is -3.85. The van der Waals surface area contributed by atoms with Crippen LogP contribution in [0, 0.1) is 5.82 Å². The molecule has 0 aromatic heterocycles. The third-order valence-corrected chi connectivity index (χ3v) is 4.42. The van der Waals surface area contributed by atoms with Crippen LogP contribution in [0.4, 0.5) is 10.1 Å². The maximum absolute atomic E-state index is 13.6. The molecule has 1 unspecified atom stereocenters. The van der Waals surface area contributed by atoms with Crippen molar-refractivity contribution in [3.8, 4) is 0 Å². The van der Waals surface area contributed by atoms with E-state index in [9.17, 15) is 22.4 Å². The highest BCUT2D eigenvalue weighted by atomic mass is 35.5. The second-order valence-corrected chi connectivity index (χ2v) is 7.23. The van der Waals surface area contributed by atoms with Crippen LogP contribution in [0.3, 0.4) is 0 Å². The average Bonchev–Trinajstić information content (AvgIpc) is 2.56. The van der Waals surface area contributed by atoms with Gasteiger partial charge in [0, 0.05) is 10.7 Å². The van der Waals surface area contributed by atoms with Gasteiger partial charge in [0.05, 0.1) is 10.5 Å². The molecule has 0 fully saturated rings. The summed E-state index contributed by atoms with van der Waals surface area (Å²) in [6.07, 6.45) is -1.24. The van der Waals surface area contributed by atoms with Gasteiger partial charge in [-0.3, -0.25) is 4.79 Å². The van der Waals surface area contributed by atoms with Gasteiger partial charge in [-0.1, -0.05) is 11.6 Å². The zero-order valence-electron chi connectivity index (χ0n) is 13.4. The standard InChI is InChI=1S/C16H14ClFN2O5S/c1-9(25-16(22)13-8-10(17)2-7-14(13)18)15(21)20-11-3-5-12(6-4-11)26(19,23)24/h2-9H,1H3,(H,20,21)(H2,19,23,24). The fraction of sp³-hybridized carbons (Fsp3) is 0.125. The highest BCUT2D eigenvalue weighted by Crippen LogP contribution is 2.17. The number of hydrogen-bond donors (Lipinski definition) is 2. The Bertz CT molecular complexity index is 948. The van der Waals surface area contributed by atoms with E-state index in [1.165, 1.54) is 37.3 Å². The molecule has 2 rings (SSSR count). The lowest BCUT2D eigenvalue weighted by Gasteiger charge is -2.14. The summed E-state index contributed by atoms with van der Waals surface area (Å²) >= 11 is 5.71. The van der Waals surface area contributed by atoms with E-state index in [0.29, 0.717) is 0 Å². The van der Waals surface area contributed by atoms with Crippen LogP contribution in [0.25, 0.3) is 0 Å². The lowest BCUT2D eigenvalue weighted by Crippen LogP contribution is -2.30. The van der Waals surface area contributed by atoms with Crippen LogP contribution < -0.4 is 10.5 Å². The number of rotatable bonds is 5. The van der Waals surface area contributed by atoms with Crippen LogP contribution in [0.1, 0.15) is 17.3 Å². The maximum atomic E-state index is 13.6. The number of nitrogens with one attached hydrogen (secondary N) is 1. The number of primary sulfonamides is 1. The molecule has 0 bridgehead atoms. The van der Waals surface area contributed by atoms with Crippen molar-refractivity contribution < 1.29 is 27.1 Å². The Hall–Kier alpha value is -2.49. The van der Waals surface area contributed by atoms with Crippen LogP contribution in [0.15, 0.2) is 47.4 Å². The van der Waals surface area contributed by atoms with Crippen molar-refractivity contribution in [2.45, 2.75) is 17.9 Å². The summed E-state index contributed by atoms with van der Waals surface area (Å²) in [7, 11) is -3.85. The molecule has 1 amide bonds. The minimum Gasteiger partial charge on any atom is -0.449 e. The van der Waals surface area contributed by atoms with Gasteiger partial charge in [0.2, 0.25) is 10.0 Å². The quantitative estimate of drug-likeness (QED) is 0.747. The number of esters is 1. The number of ether oxygens (including phenoxy) is 1. The molecule has 1 atom stereocenters. The first-order valence-electron chi connectivity index (χ1n) is 7.17. The summed E-state index contributed by atoms with van der Waals surface area (Å²) in [6.45, 7) is 1.30. The molecule has 0 aliphatic carbocycles. The summed E-state index contributed by atoms with van der Waals surface area (Å²) in [6, 6.07) is 8.44. The second kappa shape index (κ2) is 7.81. The van der Waals surface area contributed by atoms with Gasteiger partial charge in [-0.15, -0.1) is 0 Å². The molecule has 3 N–H and O–H groups in total. The molecule has 0 aliphatic rings. The number of benzene rings is 2. The molecular formula is C16H14ClFN2O5S. The van der Waals surface area contributed by atoms with Crippen molar-refractivity contribution in [1.82, 2.24) is 0 Å². The monoisotopic (exact) mass is 400 g/mol. The first-order valence-corrected chi connectivity index (χ1v) is 9.10. The van der Waals surface area contributed by atoms with Gasteiger partial charge in [-0.25, -0.2) is 22.7 Å². The highest BCUT2D eigenvalue weighted by molar-refractivity contribution is 7.89. The van der Waals surface area contributed by atoms with Gasteiger partial charge in [0.25, 0.3) is 5.91 Å². The summed E-state index contributed by atoms with van der Waals surface area (Å²) in [5.74, 6) is -2.56. The molecular weight excluding hydrogens is 387 g/mol. The molecule has 0 heterocycles. The summed E-state index contributed by atoms with van der Waals surface area (Å²) in [4.78, 5) is 23.9. The van der Waals surface area contributed by atoms with Crippen molar-refractivity contribution in [2.24, 2.45) is 5.14 Å². The van der Waals surface area contributed by atoms with Gasteiger partial charge in [-0.2, -0.15) is 0 Å². The Kier molecular flexibility index (Phi) is 5.96. The number of sulfonamides is 1. The molecule has 7 nitrogen and oxygen atoms in total. The first-order chi connectivity index (χ1) is 12.1. The van der Waals surface area contributed by atoms with Gasteiger partial charge >= 0.3 is 5.97 Å². The summed E-state index contributed by atoms with van der Waals surface area (Å²) in [5, 5.41) is 7.55. The molecule has 138 valence electrons. The zero-order valence-corrected chi connectivity index (χ0v) is 15.0. The van der Waals surface area contributed by atoms with E-state index in [2.05, 4.69) is 5.32 Å². The molecule has 10 heteroatoms. The van der Waals surface area contributed by atoms with E-state index < -0.39 is 39.4 Å². The number of hydrogen-bond acceptors (Lipinski definition) is 5. The maximum Gasteiger partial charge on any atom is 0.341 e. The van der Waals surface area contributed by atoms with Crippen molar-refractivity contribution in [3.05, 3.63) is 58.9 Å². The number of halogens is 2. The lowest BCUT2D eigenvalue weighted by molar-refractivity contribution is -0.123. The number of nitrogens with two attached hydrogens (primary N) is 1. The van der Waals surface area contributed by atoms with E-state index in [1.807, 2.05) is 0 Å². The van der Waals surface area contributed by atoms with Gasteiger partial charge in [-0.05, 0) is 49.4 Å². The molecule has 2 aromatic carbocycles. The van der Waals surface area contributed by atoms with E-state index in [1.54, 1.807) is 0 Å². The van der Waals surface area contributed by atoms with E-state index in [0.717, 1.165) is 12.1 Å². The Balaban J connectivity index is 2.03. The molecule has 0 saturated heterocycles. The molecule has 26 heavy (non-hydrogen) atoms. The van der Waals surface area contributed by atoms with Crippen LogP contribution in [-0.4, -0.2) is 26.4 Å². The predicted molar refractivity (Wildman–Crippen MR) is 92.7 cm³/mol. The Morgan fingerprint density at radius 2 is 1.81 bits per heavy atom. The number of anilines is 1. The zero-order chi connectivity index (χ0) is 19.5. The molecule has 0 spiro atoms. The number of carbonyl (C=O) groups is 2. The SMILES string of the molecule is CC(OC(=O)c1cc(Cl)ccc1F)C(=O)Nc1ccc(S(N)(=O)=O)cc1. The average molecular weight is 401 g/mol. The smallest absolute Gasteiger partial charge is 0.341 e. The van der Waals surface area contributed by atoms with Gasteiger partial charge in [0.15, 0.2) is 6.10 Å². The van der Waals surface area contributed by atoms with Crippen molar-refractivity contribution in [3.63, 3.8) is 0 Å². The van der Waals surface area contributed by atoms with Crippen molar-refractivity contribution in [1.29, 1.82) is 0 Å². The third-order valence-electron chi connectivity index (χ3n) is 3.25. The van der Waals surface area contributed by atoms with Crippen LogP contribution in [0.5, 0.6) is 0 Å². The second-order valence-electron chi connectivity index (χ2n) is 5.23. The van der Waals surface area contributed by atoms with Crippen molar-refractivity contribution in [2.75, 3.05) is 5.32 Å². The van der Waals surface area contributed by atoms with Crippen LogP contribution in [-0.2, 0) is 19.6 Å². The van der Waals surface area contributed by atoms with Crippen LogP contribution in [0.2, 0.25) is 5.02 Å². The normalized spacial score (nSPS) is 12.3. The summed E-state index contributed by atoms with van der Waals surface area (Å²) in [5.41, 5.74) is -0.131. The highest BCUT2D eigenvalue weighted by Gasteiger charge is 2.21. The van der Waals surface area contributed by atoms with E-state index >= 15 is 0 Å². The minimum absolute atomic E-state index is 0.119. The fourth-order valence-electron chi connectivity index (χ4n) is 1.90. The van der Waals surface area contributed by atoms with Gasteiger partial charge in [0.1, 0.15) is 5.82 Å². The topological polar surface area (TPSA) is 116 Å². The first kappa shape index (κ1) is 19.8. The molecule has 0 radical (unpaired) electrons. The Morgan fingerprint density at radius 3 is 2.38 bits per heavy atom. The predicted octanol–water partition coefficient (Wildman–Crippen LogP) is 2.31. The number of amides is 1. The summed E-state index contributed by atoms with van der Waals surface area (Å²) < 4.78 is 40.9. The van der Waals surface area contributed by atoms with E-state index in [4.69, 9.17) is 21.5 Å². The largest absolute Gasteiger partial charge is 0.449 e. The Morgan fingerprint density at radius 1 is 1.19 bits per heavy atom. The Labute approximate surface area is 154 Å². The fourth-order valence-corrected chi connectivity index (χ4v) is 2.59. The lowest BCUT2D eigenvalue weighted by atomic mass is 10.2. The molecule has 0 aliphatic heterocycles. The van der Waals surface area contributed by atoms with E-state index in [-0.39, 0.29) is 15.6 Å².